The second-order valence-corrected chi connectivity index (χ2v) is 7.38. The van der Waals surface area contributed by atoms with Crippen molar-refractivity contribution in [1.29, 1.82) is 0 Å². The smallest absolute Gasteiger partial charge is 0.343 e. The maximum atomic E-state index is 12.8. The summed E-state index contributed by atoms with van der Waals surface area (Å²) in [5.74, 6) is 0.669. The van der Waals surface area contributed by atoms with E-state index in [1.807, 2.05) is 48.9 Å². The van der Waals surface area contributed by atoms with Crippen LogP contribution in [0.15, 0.2) is 35.1 Å². The molecule has 1 aliphatic heterocycles. The molecular formula is C20H24N6O2. The van der Waals surface area contributed by atoms with E-state index in [0.717, 1.165) is 29.2 Å². The van der Waals surface area contributed by atoms with Crippen molar-refractivity contribution in [2.75, 3.05) is 0 Å². The Balaban J connectivity index is 1.42. The Morgan fingerprint density at radius 3 is 2.93 bits per heavy atom. The predicted octanol–water partition coefficient (Wildman–Crippen LogP) is 1.57. The number of H-pyrrole nitrogens is 1. The highest BCUT2D eigenvalue weighted by Crippen LogP contribution is 2.14. The Labute approximate surface area is 162 Å². The molecule has 0 bridgehead atoms. The number of amides is 1. The van der Waals surface area contributed by atoms with E-state index in [9.17, 15) is 9.59 Å². The lowest BCUT2D eigenvalue weighted by Gasteiger charge is -2.16. The number of fused-ring (bicyclic) bond motifs is 1. The first kappa shape index (κ1) is 18.2. The van der Waals surface area contributed by atoms with Gasteiger partial charge in [0.1, 0.15) is 5.82 Å². The zero-order valence-electron chi connectivity index (χ0n) is 16.1. The highest BCUT2D eigenvalue weighted by Gasteiger charge is 2.20. The van der Waals surface area contributed by atoms with Crippen LogP contribution >= 0.6 is 0 Å². The molecule has 8 heteroatoms. The molecule has 0 saturated carbocycles. The maximum absolute atomic E-state index is 12.8. The van der Waals surface area contributed by atoms with Crippen LogP contribution in [0.1, 0.15) is 46.0 Å². The third-order valence-electron chi connectivity index (χ3n) is 5.21. The molecule has 146 valence electrons. The number of nitrogens with one attached hydrogen (secondary N) is 2. The van der Waals surface area contributed by atoms with Gasteiger partial charge in [-0.2, -0.15) is 10.2 Å². The van der Waals surface area contributed by atoms with Gasteiger partial charge in [-0.25, -0.2) is 9.89 Å². The number of carbonyl (C=O) groups is 1. The summed E-state index contributed by atoms with van der Waals surface area (Å²) in [5.41, 5.74) is 3.57. The number of benzene rings is 1. The fraction of sp³-hybridized carbons (Fsp3) is 0.400. The van der Waals surface area contributed by atoms with Gasteiger partial charge in [0.05, 0.1) is 12.2 Å². The van der Waals surface area contributed by atoms with Gasteiger partial charge in [0.25, 0.3) is 5.91 Å². The first-order chi connectivity index (χ1) is 13.5. The van der Waals surface area contributed by atoms with Crippen LogP contribution in [0.25, 0.3) is 0 Å². The molecule has 2 aromatic heterocycles. The second-order valence-electron chi connectivity index (χ2n) is 7.38. The Kier molecular flexibility index (Phi) is 4.85. The van der Waals surface area contributed by atoms with Gasteiger partial charge in [-0.05, 0) is 50.5 Å². The molecule has 0 radical (unpaired) electrons. The summed E-state index contributed by atoms with van der Waals surface area (Å²) in [4.78, 5) is 24.5. The molecule has 0 aliphatic carbocycles. The first-order valence-corrected chi connectivity index (χ1v) is 9.54. The van der Waals surface area contributed by atoms with Gasteiger partial charge in [0.15, 0.2) is 0 Å². The molecule has 4 rings (SSSR count). The fourth-order valence-electron chi connectivity index (χ4n) is 3.74. The number of rotatable bonds is 4. The minimum atomic E-state index is -0.182. The largest absolute Gasteiger partial charge is 0.349 e. The van der Waals surface area contributed by atoms with Crippen molar-refractivity contribution >= 4 is 5.91 Å². The van der Waals surface area contributed by atoms with Gasteiger partial charge in [0, 0.05) is 30.3 Å². The van der Waals surface area contributed by atoms with Crippen LogP contribution in [0.3, 0.4) is 0 Å². The molecule has 2 N–H and O–H groups in total. The fourth-order valence-corrected chi connectivity index (χ4v) is 3.74. The maximum Gasteiger partial charge on any atom is 0.343 e. The van der Waals surface area contributed by atoms with Crippen molar-refractivity contribution < 1.29 is 4.79 Å². The molecule has 1 aromatic carbocycles. The lowest BCUT2D eigenvalue weighted by atomic mass is 10.1. The summed E-state index contributed by atoms with van der Waals surface area (Å²) < 4.78 is 3.60. The number of aryl methyl sites for hydroxylation is 3. The van der Waals surface area contributed by atoms with Gasteiger partial charge < -0.3 is 5.32 Å². The number of hydrogen-bond donors (Lipinski definition) is 2. The molecule has 1 unspecified atom stereocenters. The van der Waals surface area contributed by atoms with E-state index < -0.39 is 0 Å². The Morgan fingerprint density at radius 1 is 1.29 bits per heavy atom. The summed E-state index contributed by atoms with van der Waals surface area (Å²) in [7, 11) is 0. The van der Waals surface area contributed by atoms with Crippen LogP contribution < -0.4 is 11.0 Å². The van der Waals surface area contributed by atoms with E-state index in [-0.39, 0.29) is 17.6 Å². The Bertz CT molecular complexity index is 1060. The third kappa shape index (κ3) is 3.76. The van der Waals surface area contributed by atoms with Crippen molar-refractivity contribution in [3.05, 3.63) is 69.2 Å². The second kappa shape index (κ2) is 7.46. The molecule has 0 fully saturated rings. The molecule has 0 saturated heterocycles. The molecule has 1 amide bonds. The number of aromatic amines is 1. The minimum Gasteiger partial charge on any atom is -0.349 e. The average Bonchev–Trinajstić information content (AvgIpc) is 3.10. The molecule has 28 heavy (non-hydrogen) atoms. The summed E-state index contributed by atoms with van der Waals surface area (Å²) in [6, 6.07) is 9.71. The van der Waals surface area contributed by atoms with Gasteiger partial charge in [0.2, 0.25) is 0 Å². The first-order valence-electron chi connectivity index (χ1n) is 9.54. The highest BCUT2D eigenvalue weighted by molar-refractivity contribution is 5.94. The summed E-state index contributed by atoms with van der Waals surface area (Å²) >= 11 is 0. The van der Waals surface area contributed by atoms with Crippen LogP contribution in [-0.4, -0.2) is 36.5 Å². The van der Waals surface area contributed by atoms with E-state index in [1.165, 1.54) is 0 Å². The van der Waals surface area contributed by atoms with Crippen LogP contribution in [0.5, 0.6) is 0 Å². The van der Waals surface area contributed by atoms with Crippen molar-refractivity contribution in [3.63, 3.8) is 0 Å². The minimum absolute atomic E-state index is 0.0215. The Morgan fingerprint density at radius 2 is 2.14 bits per heavy atom. The predicted molar refractivity (Wildman–Crippen MR) is 104 cm³/mol. The van der Waals surface area contributed by atoms with E-state index in [2.05, 4.69) is 20.6 Å². The average molecular weight is 380 g/mol. The van der Waals surface area contributed by atoms with Crippen LogP contribution in [0, 0.1) is 13.8 Å². The summed E-state index contributed by atoms with van der Waals surface area (Å²) in [5, 5.41) is 14.1. The van der Waals surface area contributed by atoms with Crippen molar-refractivity contribution in [1.82, 2.24) is 29.9 Å². The molecule has 1 atom stereocenters. The van der Waals surface area contributed by atoms with E-state index in [1.54, 1.807) is 4.57 Å². The highest BCUT2D eigenvalue weighted by atomic mass is 16.2. The van der Waals surface area contributed by atoms with Gasteiger partial charge >= 0.3 is 5.69 Å². The monoisotopic (exact) mass is 380 g/mol. The zero-order valence-corrected chi connectivity index (χ0v) is 16.1. The standard InChI is InChI=1S/C20H24N6O2/c1-13-10-14(2)26(24-13)12-15-4-3-5-16(11-15)19(27)21-17-6-7-18-22-23-20(28)25(18)9-8-17/h3-5,10-11,17H,6-9,12H2,1-2H3,(H,21,27)(H,23,28). The van der Waals surface area contributed by atoms with Crippen LogP contribution in [-0.2, 0) is 19.5 Å². The van der Waals surface area contributed by atoms with E-state index in [4.69, 9.17) is 0 Å². The molecule has 3 aromatic rings. The Hall–Kier alpha value is -3.16. The van der Waals surface area contributed by atoms with Gasteiger partial charge in [-0.1, -0.05) is 12.1 Å². The SMILES string of the molecule is Cc1cc(C)n(Cc2cccc(C(=O)NC3CCc4n[nH]c(=O)n4CC3)c2)n1. The van der Waals surface area contributed by atoms with Gasteiger partial charge in [-0.3, -0.25) is 14.0 Å². The molecule has 0 spiro atoms. The lowest BCUT2D eigenvalue weighted by molar-refractivity contribution is 0.0933. The third-order valence-corrected chi connectivity index (χ3v) is 5.21. The summed E-state index contributed by atoms with van der Waals surface area (Å²) in [6.07, 6.45) is 2.15. The quantitative estimate of drug-likeness (QED) is 0.718. The zero-order chi connectivity index (χ0) is 19.7. The molecule has 1 aliphatic rings. The normalized spacial score (nSPS) is 16.4. The molecule has 3 heterocycles. The van der Waals surface area contributed by atoms with E-state index >= 15 is 0 Å². The van der Waals surface area contributed by atoms with E-state index in [0.29, 0.717) is 31.5 Å². The van der Waals surface area contributed by atoms with Crippen LogP contribution in [0.2, 0.25) is 0 Å². The van der Waals surface area contributed by atoms with Crippen molar-refractivity contribution in [2.45, 2.75) is 52.2 Å². The lowest BCUT2D eigenvalue weighted by Crippen LogP contribution is -2.35. The topological polar surface area (TPSA) is 97.6 Å². The summed E-state index contributed by atoms with van der Waals surface area (Å²) in [6.45, 7) is 5.19. The number of nitrogens with zero attached hydrogens (tertiary/aromatic N) is 4. The molecular weight excluding hydrogens is 356 g/mol. The number of aromatic nitrogens is 5. The molecule has 8 nitrogen and oxygen atoms in total. The van der Waals surface area contributed by atoms with Crippen molar-refractivity contribution in [2.24, 2.45) is 0 Å². The van der Waals surface area contributed by atoms with Gasteiger partial charge in [-0.15, -0.1) is 0 Å². The number of carbonyl (C=O) groups excluding carboxylic acids is 1. The van der Waals surface area contributed by atoms with Crippen LogP contribution in [0.4, 0.5) is 0 Å². The number of hydrogen-bond acceptors (Lipinski definition) is 4. The van der Waals surface area contributed by atoms with Crippen molar-refractivity contribution in [3.8, 4) is 0 Å².